The van der Waals surface area contributed by atoms with Gasteiger partial charge in [-0.1, -0.05) is 41.9 Å². The van der Waals surface area contributed by atoms with Crippen LogP contribution in [0, 0.1) is 22.7 Å². The first-order chi connectivity index (χ1) is 17.4. The van der Waals surface area contributed by atoms with Crippen molar-refractivity contribution in [3.63, 3.8) is 0 Å². The van der Waals surface area contributed by atoms with E-state index in [4.69, 9.17) is 21.6 Å². The van der Waals surface area contributed by atoms with Crippen LogP contribution in [-0.4, -0.2) is 48.9 Å². The molecule has 2 atom stereocenters. The van der Waals surface area contributed by atoms with Gasteiger partial charge in [0.2, 0.25) is 0 Å². The first kappa shape index (κ1) is 27.0. The molecule has 1 saturated heterocycles. The number of hydrogen-bond acceptors (Lipinski definition) is 6. The summed E-state index contributed by atoms with van der Waals surface area (Å²) >= 11 is 5.54. The Hall–Kier alpha value is -3.55. The van der Waals surface area contributed by atoms with E-state index in [9.17, 15) is 10.4 Å². The molecule has 2 unspecified atom stereocenters. The molecule has 1 fully saturated rings. The van der Waals surface area contributed by atoms with Crippen LogP contribution in [0.1, 0.15) is 36.6 Å². The van der Waals surface area contributed by atoms with Gasteiger partial charge in [-0.25, -0.2) is 0 Å². The average molecular weight is 503 g/mol. The van der Waals surface area contributed by atoms with Crippen molar-refractivity contribution in [2.45, 2.75) is 26.0 Å². The van der Waals surface area contributed by atoms with Gasteiger partial charge in [0.15, 0.2) is 0 Å². The fraction of sp³-hybridized carbons (Fsp3) is 0.310. The summed E-state index contributed by atoms with van der Waals surface area (Å²) in [4.78, 5) is 4.66. The zero-order valence-electron chi connectivity index (χ0n) is 20.6. The quantitative estimate of drug-likeness (QED) is 0.485. The Morgan fingerprint density at radius 3 is 2.11 bits per heavy atom. The molecule has 0 bridgehead atoms. The van der Waals surface area contributed by atoms with E-state index in [-0.39, 0.29) is 12.6 Å². The Morgan fingerprint density at radius 2 is 1.58 bits per heavy atom. The van der Waals surface area contributed by atoms with Crippen LogP contribution in [-0.2, 0) is 0 Å². The van der Waals surface area contributed by atoms with E-state index in [0.29, 0.717) is 16.9 Å². The molecule has 1 heterocycles. The van der Waals surface area contributed by atoms with E-state index in [2.05, 4.69) is 28.9 Å². The largest absolute Gasteiger partial charge is 0.491 e. The predicted octanol–water partition coefficient (Wildman–Crippen LogP) is 5.41. The average Bonchev–Trinajstić information content (AvgIpc) is 2.92. The molecule has 0 saturated carbocycles. The molecular weight excluding hydrogens is 472 g/mol. The van der Waals surface area contributed by atoms with E-state index in [0.717, 1.165) is 36.9 Å². The molecule has 3 aromatic rings. The molecular formula is C29H31ClN4O2. The van der Waals surface area contributed by atoms with Gasteiger partial charge in [-0.3, -0.25) is 4.90 Å². The highest BCUT2D eigenvalue weighted by Gasteiger charge is 2.23. The molecule has 0 aromatic heterocycles. The summed E-state index contributed by atoms with van der Waals surface area (Å²) in [6.45, 7) is 7.52. The fourth-order valence-electron chi connectivity index (χ4n) is 4.00. The van der Waals surface area contributed by atoms with E-state index in [1.54, 1.807) is 13.0 Å². The van der Waals surface area contributed by atoms with Gasteiger partial charge in [0.1, 0.15) is 18.4 Å². The monoisotopic (exact) mass is 502 g/mol. The molecule has 0 aliphatic carbocycles. The normalized spacial score (nSPS) is 15.0. The van der Waals surface area contributed by atoms with Crippen molar-refractivity contribution in [1.29, 1.82) is 10.5 Å². The van der Waals surface area contributed by atoms with Crippen LogP contribution in [0.2, 0.25) is 5.02 Å². The van der Waals surface area contributed by atoms with E-state index >= 15 is 0 Å². The number of nitrogens with zero attached hydrogens (tertiary/aromatic N) is 4. The van der Waals surface area contributed by atoms with Crippen molar-refractivity contribution in [1.82, 2.24) is 4.90 Å². The Balaban J connectivity index is 0.000000444. The number of anilines is 1. The third-order valence-electron chi connectivity index (χ3n) is 6.04. The minimum Gasteiger partial charge on any atom is -0.491 e. The highest BCUT2D eigenvalue weighted by molar-refractivity contribution is 6.30. The lowest BCUT2D eigenvalue weighted by molar-refractivity contribution is 0.122. The van der Waals surface area contributed by atoms with E-state index < -0.39 is 6.10 Å². The van der Waals surface area contributed by atoms with Crippen LogP contribution in [0.5, 0.6) is 5.75 Å². The Kier molecular flexibility index (Phi) is 10.2. The number of benzene rings is 3. The maximum Gasteiger partial charge on any atom is 0.120 e. The van der Waals surface area contributed by atoms with Crippen molar-refractivity contribution in [3.05, 3.63) is 94.5 Å². The van der Waals surface area contributed by atoms with Gasteiger partial charge < -0.3 is 14.7 Å². The SMILES string of the molecule is CC(O)COc1ccc(N2CCN(C(C)c3ccc(C#N)cc3)CC2)c(C#N)c1.Clc1ccccc1. The van der Waals surface area contributed by atoms with Gasteiger partial charge in [0, 0.05) is 37.2 Å². The lowest BCUT2D eigenvalue weighted by atomic mass is 10.0. The van der Waals surface area contributed by atoms with Crippen molar-refractivity contribution >= 4 is 17.3 Å². The Morgan fingerprint density at radius 1 is 0.917 bits per heavy atom. The summed E-state index contributed by atoms with van der Waals surface area (Å²) in [5.74, 6) is 0.597. The third-order valence-corrected chi connectivity index (χ3v) is 6.29. The zero-order valence-corrected chi connectivity index (χ0v) is 21.4. The first-order valence-electron chi connectivity index (χ1n) is 12.0. The number of aliphatic hydroxyl groups excluding tert-OH is 1. The number of piperazine rings is 1. The molecule has 7 heteroatoms. The Bertz CT molecular complexity index is 1180. The maximum absolute atomic E-state index is 9.57. The second-order valence-electron chi connectivity index (χ2n) is 8.68. The summed E-state index contributed by atoms with van der Waals surface area (Å²) in [5.41, 5.74) is 3.38. The summed E-state index contributed by atoms with van der Waals surface area (Å²) in [5, 5.41) is 28.7. The molecule has 0 amide bonds. The van der Waals surface area contributed by atoms with Crippen molar-refractivity contribution in [2.24, 2.45) is 0 Å². The van der Waals surface area contributed by atoms with Crippen LogP contribution < -0.4 is 9.64 Å². The minimum absolute atomic E-state index is 0.204. The number of halogens is 1. The first-order valence-corrected chi connectivity index (χ1v) is 12.3. The fourth-order valence-corrected chi connectivity index (χ4v) is 4.14. The van der Waals surface area contributed by atoms with Crippen LogP contribution in [0.15, 0.2) is 72.8 Å². The summed E-state index contributed by atoms with van der Waals surface area (Å²) in [6, 6.07) is 27.4. The summed E-state index contributed by atoms with van der Waals surface area (Å²) in [7, 11) is 0. The maximum atomic E-state index is 9.57. The molecule has 1 aliphatic rings. The highest BCUT2D eigenvalue weighted by atomic mass is 35.5. The van der Waals surface area contributed by atoms with Crippen molar-refractivity contribution in [2.75, 3.05) is 37.7 Å². The number of aliphatic hydroxyl groups is 1. The predicted molar refractivity (Wildman–Crippen MR) is 143 cm³/mol. The van der Waals surface area contributed by atoms with Gasteiger partial charge in [0.05, 0.1) is 29.0 Å². The molecule has 0 spiro atoms. The van der Waals surface area contributed by atoms with Crippen molar-refractivity contribution < 1.29 is 9.84 Å². The number of ether oxygens (including phenoxy) is 1. The smallest absolute Gasteiger partial charge is 0.120 e. The van der Waals surface area contributed by atoms with Gasteiger partial charge in [-0.2, -0.15) is 10.5 Å². The number of nitriles is 2. The summed E-state index contributed by atoms with van der Waals surface area (Å²) in [6.07, 6.45) is -0.550. The van der Waals surface area contributed by atoms with E-state index in [1.165, 1.54) is 5.56 Å². The lowest BCUT2D eigenvalue weighted by Gasteiger charge is -2.39. The molecule has 4 rings (SSSR count). The Labute approximate surface area is 218 Å². The molecule has 1 N–H and O–H groups in total. The topological polar surface area (TPSA) is 83.5 Å². The number of rotatable bonds is 6. The van der Waals surface area contributed by atoms with Crippen LogP contribution >= 0.6 is 11.6 Å². The number of hydrogen-bond donors (Lipinski definition) is 1. The molecule has 36 heavy (non-hydrogen) atoms. The lowest BCUT2D eigenvalue weighted by Crippen LogP contribution is -2.47. The third kappa shape index (κ3) is 7.73. The molecule has 186 valence electrons. The molecule has 6 nitrogen and oxygen atoms in total. The van der Waals surface area contributed by atoms with Crippen LogP contribution in [0.3, 0.4) is 0 Å². The highest BCUT2D eigenvalue weighted by Crippen LogP contribution is 2.28. The van der Waals surface area contributed by atoms with Gasteiger partial charge in [0.25, 0.3) is 0 Å². The standard InChI is InChI=1S/C23H26N4O2.C6H5Cl/c1-17(28)16-29-22-7-8-23(21(13-22)15-25)27-11-9-26(10-12-27)18(2)20-5-3-19(14-24)4-6-20;7-6-4-2-1-3-5-6/h3-8,13,17-18,28H,9-12,16H2,1-2H3;1-5H. The molecule has 0 radical (unpaired) electrons. The minimum atomic E-state index is -0.550. The summed E-state index contributed by atoms with van der Waals surface area (Å²) < 4.78 is 5.52. The second kappa shape index (κ2) is 13.5. The second-order valence-corrected chi connectivity index (χ2v) is 9.12. The van der Waals surface area contributed by atoms with Crippen LogP contribution in [0.4, 0.5) is 5.69 Å². The molecule has 1 aliphatic heterocycles. The van der Waals surface area contributed by atoms with Gasteiger partial charge >= 0.3 is 0 Å². The van der Waals surface area contributed by atoms with Gasteiger partial charge in [-0.05, 0) is 61.9 Å². The van der Waals surface area contributed by atoms with E-state index in [1.807, 2.05) is 66.7 Å². The van der Waals surface area contributed by atoms with Crippen molar-refractivity contribution in [3.8, 4) is 17.9 Å². The van der Waals surface area contributed by atoms with Gasteiger partial charge in [-0.15, -0.1) is 0 Å². The zero-order chi connectivity index (χ0) is 25.9. The molecule has 3 aromatic carbocycles. The van der Waals surface area contributed by atoms with Crippen LogP contribution in [0.25, 0.3) is 0 Å².